The van der Waals surface area contributed by atoms with Crippen LogP contribution in [0.4, 0.5) is 0 Å². The lowest BCUT2D eigenvalue weighted by molar-refractivity contribution is -0.132. The summed E-state index contributed by atoms with van der Waals surface area (Å²) in [5.74, 6) is 0.881. The molecule has 1 fully saturated rings. The summed E-state index contributed by atoms with van der Waals surface area (Å²) in [6, 6.07) is 0. The van der Waals surface area contributed by atoms with Gasteiger partial charge in [0.2, 0.25) is 5.91 Å². The van der Waals surface area contributed by atoms with Crippen molar-refractivity contribution in [3.05, 3.63) is 0 Å². The molecule has 3 nitrogen and oxygen atoms in total. The van der Waals surface area contributed by atoms with E-state index in [1.165, 1.54) is 0 Å². The van der Waals surface area contributed by atoms with Gasteiger partial charge >= 0.3 is 0 Å². The van der Waals surface area contributed by atoms with Crippen LogP contribution in [0.25, 0.3) is 0 Å². The van der Waals surface area contributed by atoms with Gasteiger partial charge in [0, 0.05) is 13.6 Å². The van der Waals surface area contributed by atoms with Gasteiger partial charge in [0.05, 0.1) is 5.41 Å². The van der Waals surface area contributed by atoms with Gasteiger partial charge in [0.15, 0.2) is 0 Å². The first-order valence-electron chi connectivity index (χ1n) is 5.07. The van der Waals surface area contributed by atoms with Gasteiger partial charge in [-0.2, -0.15) is 0 Å². The minimum absolute atomic E-state index is 0.127. The van der Waals surface area contributed by atoms with Crippen molar-refractivity contribution in [1.29, 1.82) is 0 Å². The van der Waals surface area contributed by atoms with E-state index in [9.17, 15) is 4.79 Å². The van der Waals surface area contributed by atoms with Crippen LogP contribution in [0, 0.1) is 11.3 Å². The molecular formula is C10H20N2O. The first-order chi connectivity index (χ1) is 6.14. The van der Waals surface area contributed by atoms with E-state index < -0.39 is 0 Å². The molecule has 0 aromatic heterocycles. The molecule has 1 aliphatic rings. The Hall–Kier alpha value is -0.570. The molecule has 76 valence electrons. The molecule has 0 aromatic rings. The van der Waals surface area contributed by atoms with Crippen molar-refractivity contribution in [1.82, 2.24) is 5.32 Å². The van der Waals surface area contributed by atoms with Gasteiger partial charge in [-0.1, -0.05) is 6.92 Å². The number of nitrogens with one attached hydrogen (secondary N) is 1. The minimum atomic E-state index is -0.263. The Bertz CT molecular complexity index is 183. The van der Waals surface area contributed by atoms with E-state index in [0.717, 1.165) is 31.6 Å². The van der Waals surface area contributed by atoms with Crippen molar-refractivity contribution < 1.29 is 4.79 Å². The Morgan fingerprint density at radius 1 is 1.54 bits per heavy atom. The molecule has 1 aliphatic carbocycles. The van der Waals surface area contributed by atoms with Crippen LogP contribution in [0.2, 0.25) is 0 Å². The topological polar surface area (TPSA) is 55.1 Å². The standard InChI is InChI=1S/C10H20N2O/c1-8-3-5-10(7-11,6-4-8)9(13)12-2/h8H,3-7,11H2,1-2H3,(H,12,13). The predicted octanol–water partition coefficient (Wildman–Crippen LogP) is 0.888. The van der Waals surface area contributed by atoms with Crippen LogP contribution in [-0.2, 0) is 4.79 Å². The molecule has 0 saturated heterocycles. The summed E-state index contributed by atoms with van der Waals surface area (Å²) in [6.45, 7) is 2.73. The molecular weight excluding hydrogens is 164 g/mol. The number of hydrogen-bond acceptors (Lipinski definition) is 2. The average molecular weight is 184 g/mol. The summed E-state index contributed by atoms with van der Waals surface area (Å²) in [5.41, 5.74) is 5.44. The summed E-state index contributed by atoms with van der Waals surface area (Å²) in [4.78, 5) is 11.6. The fourth-order valence-electron chi connectivity index (χ4n) is 2.10. The third-order valence-electron chi connectivity index (χ3n) is 3.33. The number of amides is 1. The van der Waals surface area contributed by atoms with Crippen LogP contribution >= 0.6 is 0 Å². The van der Waals surface area contributed by atoms with Gasteiger partial charge in [-0.3, -0.25) is 4.79 Å². The smallest absolute Gasteiger partial charge is 0.227 e. The van der Waals surface area contributed by atoms with Crippen LogP contribution in [0.15, 0.2) is 0 Å². The van der Waals surface area contributed by atoms with Crippen molar-refractivity contribution in [2.75, 3.05) is 13.6 Å². The second-order valence-corrected chi connectivity index (χ2v) is 4.25. The highest BCUT2D eigenvalue weighted by Crippen LogP contribution is 2.38. The Morgan fingerprint density at radius 3 is 2.46 bits per heavy atom. The monoisotopic (exact) mass is 184 g/mol. The van der Waals surface area contributed by atoms with Gasteiger partial charge in [0.1, 0.15) is 0 Å². The number of nitrogens with two attached hydrogens (primary N) is 1. The Morgan fingerprint density at radius 2 is 2.08 bits per heavy atom. The van der Waals surface area contributed by atoms with Gasteiger partial charge in [-0.25, -0.2) is 0 Å². The fourth-order valence-corrected chi connectivity index (χ4v) is 2.10. The van der Waals surface area contributed by atoms with Gasteiger partial charge in [0.25, 0.3) is 0 Å². The third kappa shape index (κ3) is 2.02. The lowest BCUT2D eigenvalue weighted by atomic mass is 9.70. The first kappa shape index (κ1) is 10.5. The Kier molecular flexibility index (Phi) is 3.31. The summed E-state index contributed by atoms with van der Waals surface area (Å²) >= 11 is 0. The number of carbonyl (C=O) groups is 1. The average Bonchev–Trinajstić information content (AvgIpc) is 2.18. The Balaban J connectivity index is 2.65. The zero-order valence-electron chi connectivity index (χ0n) is 8.60. The predicted molar refractivity (Wildman–Crippen MR) is 53.2 cm³/mol. The quantitative estimate of drug-likeness (QED) is 0.669. The molecule has 3 heteroatoms. The molecule has 0 bridgehead atoms. The zero-order chi connectivity index (χ0) is 9.90. The van der Waals surface area contributed by atoms with Crippen molar-refractivity contribution in [3.8, 4) is 0 Å². The van der Waals surface area contributed by atoms with Gasteiger partial charge in [-0.15, -0.1) is 0 Å². The maximum atomic E-state index is 11.6. The van der Waals surface area contributed by atoms with Crippen molar-refractivity contribution in [3.63, 3.8) is 0 Å². The SMILES string of the molecule is CNC(=O)C1(CN)CCC(C)CC1. The molecule has 1 saturated carbocycles. The molecule has 0 spiro atoms. The molecule has 1 amide bonds. The second-order valence-electron chi connectivity index (χ2n) is 4.25. The molecule has 0 radical (unpaired) electrons. The van der Waals surface area contributed by atoms with E-state index >= 15 is 0 Å². The molecule has 0 atom stereocenters. The maximum absolute atomic E-state index is 11.6. The normalized spacial score (nSPS) is 34.2. The van der Waals surface area contributed by atoms with Crippen LogP contribution in [0.3, 0.4) is 0 Å². The minimum Gasteiger partial charge on any atom is -0.359 e. The lowest BCUT2D eigenvalue weighted by Gasteiger charge is -2.36. The van der Waals surface area contributed by atoms with Crippen molar-refractivity contribution in [2.24, 2.45) is 17.1 Å². The largest absolute Gasteiger partial charge is 0.359 e. The molecule has 0 unspecified atom stereocenters. The van der Waals surface area contributed by atoms with E-state index in [1.807, 2.05) is 0 Å². The van der Waals surface area contributed by atoms with Gasteiger partial charge < -0.3 is 11.1 Å². The van der Waals surface area contributed by atoms with Crippen molar-refractivity contribution >= 4 is 5.91 Å². The first-order valence-corrected chi connectivity index (χ1v) is 5.07. The van der Waals surface area contributed by atoms with E-state index in [4.69, 9.17) is 5.73 Å². The van der Waals surface area contributed by atoms with Crippen LogP contribution in [-0.4, -0.2) is 19.5 Å². The molecule has 0 aromatic carbocycles. The molecule has 3 N–H and O–H groups in total. The van der Waals surface area contributed by atoms with Crippen LogP contribution in [0.1, 0.15) is 32.6 Å². The number of carbonyl (C=O) groups excluding carboxylic acids is 1. The van der Waals surface area contributed by atoms with E-state index in [0.29, 0.717) is 6.54 Å². The van der Waals surface area contributed by atoms with Crippen LogP contribution in [0.5, 0.6) is 0 Å². The fraction of sp³-hybridized carbons (Fsp3) is 0.900. The van der Waals surface area contributed by atoms with Gasteiger partial charge in [-0.05, 0) is 31.6 Å². The summed E-state index contributed by atoms with van der Waals surface area (Å²) in [6.07, 6.45) is 4.16. The lowest BCUT2D eigenvalue weighted by Crippen LogP contribution is -2.46. The number of rotatable bonds is 2. The highest BCUT2D eigenvalue weighted by Gasteiger charge is 2.38. The third-order valence-corrected chi connectivity index (χ3v) is 3.33. The van der Waals surface area contributed by atoms with E-state index in [1.54, 1.807) is 7.05 Å². The molecule has 1 rings (SSSR count). The summed E-state index contributed by atoms with van der Waals surface area (Å²) in [7, 11) is 1.69. The number of hydrogen-bond donors (Lipinski definition) is 2. The molecule has 0 heterocycles. The second kappa shape index (κ2) is 4.09. The zero-order valence-corrected chi connectivity index (χ0v) is 8.60. The van der Waals surface area contributed by atoms with Crippen molar-refractivity contribution in [2.45, 2.75) is 32.6 Å². The summed E-state index contributed by atoms with van der Waals surface area (Å²) in [5, 5.41) is 2.72. The van der Waals surface area contributed by atoms with Crippen LogP contribution < -0.4 is 11.1 Å². The Labute approximate surface area is 80.1 Å². The maximum Gasteiger partial charge on any atom is 0.227 e. The van der Waals surface area contributed by atoms with E-state index in [-0.39, 0.29) is 11.3 Å². The highest BCUT2D eigenvalue weighted by molar-refractivity contribution is 5.82. The highest BCUT2D eigenvalue weighted by atomic mass is 16.2. The van der Waals surface area contributed by atoms with E-state index in [2.05, 4.69) is 12.2 Å². The molecule has 0 aliphatic heterocycles. The molecule has 13 heavy (non-hydrogen) atoms. The summed E-state index contributed by atoms with van der Waals surface area (Å²) < 4.78 is 0.